The minimum absolute atomic E-state index is 0.00457. The fourth-order valence-electron chi connectivity index (χ4n) is 3.52. The summed E-state index contributed by atoms with van der Waals surface area (Å²) in [7, 11) is 0. The molecule has 2 aromatic rings. The van der Waals surface area contributed by atoms with Crippen LogP contribution in [-0.2, 0) is 21.9 Å². The van der Waals surface area contributed by atoms with Gasteiger partial charge in [-0.3, -0.25) is 9.59 Å². The molecule has 0 bridgehead atoms. The van der Waals surface area contributed by atoms with Gasteiger partial charge < -0.3 is 10.2 Å². The number of hydrogen-bond acceptors (Lipinski definition) is 3. The lowest BCUT2D eigenvalue weighted by Crippen LogP contribution is -2.53. The van der Waals surface area contributed by atoms with E-state index in [-0.39, 0.29) is 17.4 Å². The topological polar surface area (TPSA) is 49.4 Å². The standard InChI is InChI=1S/C26H36N2O2S/c1-7-23(25(30)27-26(4,5)6)28(16-21-12-8-10-19(2)14-21)24(29)18-31-17-22-13-9-11-20(3)15-22/h8-15,23H,7,16-18H2,1-6H3,(H,27,30). The van der Waals surface area contributed by atoms with E-state index in [1.807, 2.05) is 58.9 Å². The number of aryl methyl sites for hydroxylation is 2. The van der Waals surface area contributed by atoms with Gasteiger partial charge in [-0.1, -0.05) is 66.6 Å². The lowest BCUT2D eigenvalue weighted by molar-refractivity contribution is -0.140. The van der Waals surface area contributed by atoms with Crippen LogP contribution in [0.3, 0.4) is 0 Å². The van der Waals surface area contributed by atoms with Gasteiger partial charge in [0, 0.05) is 17.8 Å². The van der Waals surface area contributed by atoms with Crippen molar-refractivity contribution in [3.05, 3.63) is 70.8 Å². The van der Waals surface area contributed by atoms with Crippen LogP contribution < -0.4 is 5.32 Å². The average Bonchev–Trinajstić information content (AvgIpc) is 2.66. The molecule has 1 N–H and O–H groups in total. The maximum absolute atomic E-state index is 13.3. The Hall–Kier alpha value is -2.27. The van der Waals surface area contributed by atoms with Gasteiger partial charge in [0.1, 0.15) is 6.04 Å². The summed E-state index contributed by atoms with van der Waals surface area (Å²) in [4.78, 5) is 28.0. The smallest absolute Gasteiger partial charge is 0.243 e. The number of amides is 2. The van der Waals surface area contributed by atoms with E-state index in [1.54, 1.807) is 16.7 Å². The molecular weight excluding hydrogens is 404 g/mol. The number of hydrogen-bond donors (Lipinski definition) is 1. The highest BCUT2D eigenvalue weighted by Crippen LogP contribution is 2.19. The maximum atomic E-state index is 13.3. The summed E-state index contributed by atoms with van der Waals surface area (Å²) in [6.07, 6.45) is 0.571. The molecule has 0 heterocycles. The summed E-state index contributed by atoms with van der Waals surface area (Å²) in [6, 6.07) is 16.0. The summed E-state index contributed by atoms with van der Waals surface area (Å²) in [5, 5.41) is 3.05. The molecule has 168 valence electrons. The number of carbonyl (C=O) groups excluding carboxylic acids is 2. The zero-order valence-corrected chi connectivity index (χ0v) is 20.5. The monoisotopic (exact) mass is 440 g/mol. The van der Waals surface area contributed by atoms with Crippen LogP contribution in [0.4, 0.5) is 0 Å². The van der Waals surface area contributed by atoms with Crippen LogP contribution in [0.2, 0.25) is 0 Å². The first kappa shape index (κ1) is 25.0. The van der Waals surface area contributed by atoms with Gasteiger partial charge >= 0.3 is 0 Å². The fraction of sp³-hybridized carbons (Fsp3) is 0.462. The van der Waals surface area contributed by atoms with Crippen molar-refractivity contribution in [3.8, 4) is 0 Å². The number of rotatable bonds is 9. The molecule has 0 aliphatic heterocycles. The molecule has 0 aliphatic carbocycles. The van der Waals surface area contributed by atoms with Crippen molar-refractivity contribution in [2.75, 3.05) is 5.75 Å². The molecule has 2 amide bonds. The minimum atomic E-state index is -0.494. The van der Waals surface area contributed by atoms with Crippen molar-refractivity contribution in [3.63, 3.8) is 0 Å². The molecule has 0 aromatic heterocycles. The van der Waals surface area contributed by atoms with Crippen molar-refractivity contribution < 1.29 is 9.59 Å². The molecule has 1 unspecified atom stereocenters. The second kappa shape index (κ2) is 11.4. The second-order valence-corrected chi connectivity index (χ2v) is 10.1. The molecule has 0 fully saturated rings. The third-order valence-electron chi connectivity index (χ3n) is 4.90. The highest BCUT2D eigenvalue weighted by molar-refractivity contribution is 7.99. The molecule has 2 rings (SSSR count). The quantitative estimate of drug-likeness (QED) is 0.579. The highest BCUT2D eigenvalue weighted by Gasteiger charge is 2.30. The lowest BCUT2D eigenvalue weighted by Gasteiger charge is -2.33. The van der Waals surface area contributed by atoms with E-state index < -0.39 is 6.04 Å². The first-order valence-electron chi connectivity index (χ1n) is 10.9. The second-order valence-electron chi connectivity index (χ2n) is 9.16. The van der Waals surface area contributed by atoms with Crippen LogP contribution in [0.15, 0.2) is 48.5 Å². The number of nitrogens with one attached hydrogen (secondary N) is 1. The molecule has 5 heteroatoms. The summed E-state index contributed by atoms with van der Waals surface area (Å²) in [5.74, 6) is 1.02. The molecule has 0 radical (unpaired) electrons. The predicted molar refractivity (Wildman–Crippen MR) is 131 cm³/mol. The zero-order valence-electron chi connectivity index (χ0n) is 19.7. The van der Waals surface area contributed by atoms with Crippen LogP contribution >= 0.6 is 11.8 Å². The number of nitrogens with zero attached hydrogens (tertiary/aromatic N) is 1. The molecule has 2 aromatic carbocycles. The number of thioether (sulfide) groups is 1. The molecular formula is C26H36N2O2S. The van der Waals surface area contributed by atoms with Crippen molar-refractivity contribution in [1.29, 1.82) is 0 Å². The van der Waals surface area contributed by atoms with Gasteiger partial charge in [0.25, 0.3) is 0 Å². The molecule has 0 aliphatic rings. The van der Waals surface area contributed by atoms with E-state index in [4.69, 9.17) is 0 Å². The summed E-state index contributed by atoms with van der Waals surface area (Å²) in [5.41, 5.74) is 4.27. The minimum Gasteiger partial charge on any atom is -0.350 e. The maximum Gasteiger partial charge on any atom is 0.243 e. The van der Waals surface area contributed by atoms with E-state index in [1.165, 1.54) is 11.1 Å². The highest BCUT2D eigenvalue weighted by atomic mass is 32.2. The third-order valence-corrected chi connectivity index (χ3v) is 5.88. The first-order chi connectivity index (χ1) is 14.6. The van der Waals surface area contributed by atoms with Gasteiger partial charge in [0.15, 0.2) is 0 Å². The zero-order chi connectivity index (χ0) is 23.0. The first-order valence-corrected chi connectivity index (χ1v) is 12.0. The Balaban J connectivity index is 2.16. The molecule has 0 saturated heterocycles. The molecule has 1 atom stereocenters. The van der Waals surface area contributed by atoms with Crippen molar-refractivity contribution in [2.24, 2.45) is 0 Å². The Morgan fingerprint density at radius 2 is 1.58 bits per heavy atom. The molecule has 0 saturated carbocycles. The van der Waals surface area contributed by atoms with E-state index in [0.29, 0.717) is 18.7 Å². The lowest BCUT2D eigenvalue weighted by atomic mass is 10.1. The third kappa shape index (κ3) is 8.41. The van der Waals surface area contributed by atoms with Gasteiger partial charge in [0.2, 0.25) is 11.8 Å². The van der Waals surface area contributed by atoms with E-state index >= 15 is 0 Å². The van der Waals surface area contributed by atoms with Gasteiger partial charge in [-0.2, -0.15) is 0 Å². The van der Waals surface area contributed by atoms with Crippen LogP contribution in [0, 0.1) is 13.8 Å². The summed E-state index contributed by atoms with van der Waals surface area (Å²) in [6.45, 7) is 12.4. The number of carbonyl (C=O) groups is 2. The molecule has 4 nitrogen and oxygen atoms in total. The Kier molecular flexibility index (Phi) is 9.17. The van der Waals surface area contributed by atoms with Gasteiger partial charge in [0.05, 0.1) is 5.75 Å². The molecule has 31 heavy (non-hydrogen) atoms. The Labute approximate surface area is 191 Å². The van der Waals surface area contributed by atoms with Crippen molar-refractivity contribution >= 4 is 23.6 Å². The van der Waals surface area contributed by atoms with Crippen molar-refractivity contribution in [1.82, 2.24) is 10.2 Å². The van der Waals surface area contributed by atoms with E-state index in [2.05, 4.69) is 36.5 Å². The van der Waals surface area contributed by atoms with Crippen LogP contribution in [-0.4, -0.2) is 34.0 Å². The SMILES string of the molecule is CCC(C(=O)NC(C)(C)C)N(Cc1cccc(C)c1)C(=O)CSCc1cccc(C)c1. The van der Waals surface area contributed by atoms with E-state index in [9.17, 15) is 9.59 Å². The average molecular weight is 441 g/mol. The predicted octanol–water partition coefficient (Wildman–Crippen LogP) is 5.26. The fourth-order valence-corrected chi connectivity index (χ4v) is 4.38. The van der Waals surface area contributed by atoms with Crippen molar-refractivity contribution in [2.45, 2.75) is 71.8 Å². The van der Waals surface area contributed by atoms with Gasteiger partial charge in [-0.25, -0.2) is 0 Å². The molecule has 0 spiro atoms. The van der Waals surface area contributed by atoms with Crippen LogP contribution in [0.5, 0.6) is 0 Å². The summed E-state index contributed by atoms with van der Waals surface area (Å²) >= 11 is 1.60. The Morgan fingerprint density at radius 1 is 1.00 bits per heavy atom. The normalized spacial score (nSPS) is 12.3. The Bertz CT molecular complexity index is 889. The van der Waals surface area contributed by atoms with E-state index in [0.717, 1.165) is 16.9 Å². The van der Waals surface area contributed by atoms with Gasteiger partial charge in [-0.05, 0) is 52.2 Å². The summed E-state index contributed by atoms with van der Waals surface area (Å²) < 4.78 is 0. The number of benzene rings is 2. The van der Waals surface area contributed by atoms with Crippen LogP contribution in [0.25, 0.3) is 0 Å². The van der Waals surface area contributed by atoms with Crippen LogP contribution in [0.1, 0.15) is 56.4 Å². The van der Waals surface area contributed by atoms with Gasteiger partial charge in [-0.15, -0.1) is 11.8 Å². The largest absolute Gasteiger partial charge is 0.350 e. The Morgan fingerprint density at radius 3 is 2.13 bits per heavy atom.